The van der Waals surface area contributed by atoms with Gasteiger partial charge in [0.15, 0.2) is 0 Å². The normalized spacial score (nSPS) is 12.2. The quantitative estimate of drug-likeness (QED) is 0.787. The summed E-state index contributed by atoms with van der Waals surface area (Å²) in [5, 5.41) is 1.85. The van der Waals surface area contributed by atoms with Gasteiger partial charge in [-0.25, -0.2) is 0 Å². The zero-order chi connectivity index (χ0) is 11.8. The molecule has 2 aromatic rings. The molecule has 0 bridgehead atoms. The Labute approximate surface area is 101 Å². The molecule has 2 aromatic carbocycles. The minimum atomic E-state index is -2.99. The van der Waals surface area contributed by atoms with Crippen LogP contribution in [0.2, 0.25) is 9.88 Å². The molecule has 0 N–H and O–H groups in total. The molecule has 0 aliphatic carbocycles. The minimum absolute atomic E-state index is 0.524. The van der Waals surface area contributed by atoms with Crippen LogP contribution in [0.25, 0.3) is 10.8 Å². The van der Waals surface area contributed by atoms with Crippen molar-refractivity contribution in [3.63, 3.8) is 0 Å². The van der Waals surface area contributed by atoms with Gasteiger partial charge in [-0.1, -0.05) is 0 Å². The van der Waals surface area contributed by atoms with Gasteiger partial charge >= 0.3 is 102 Å². The predicted octanol–water partition coefficient (Wildman–Crippen LogP) is 2.60. The molecule has 0 atom stereocenters. The van der Waals surface area contributed by atoms with E-state index in [0.29, 0.717) is 4.90 Å². The summed E-state index contributed by atoms with van der Waals surface area (Å²) in [4.78, 5) is 4.36. The van der Waals surface area contributed by atoms with E-state index < -0.39 is 25.4 Å². The summed E-state index contributed by atoms with van der Waals surface area (Å²) in [6, 6.07) is 13.2. The molecule has 0 radical (unpaired) electrons. The number of rotatable bonds is 2. The van der Waals surface area contributed by atoms with E-state index in [2.05, 4.69) is 0 Å². The van der Waals surface area contributed by atoms with Crippen molar-refractivity contribution in [3.05, 3.63) is 42.5 Å². The van der Waals surface area contributed by atoms with Crippen LogP contribution in [-0.2, 0) is 7.02 Å². The van der Waals surface area contributed by atoms with Gasteiger partial charge in [-0.3, -0.25) is 0 Å². The van der Waals surface area contributed by atoms with Crippen molar-refractivity contribution in [1.82, 2.24) is 0 Å². The monoisotopic (exact) mass is 342 g/mol. The Kier molecular flexibility index (Phi) is 3.26. The first kappa shape index (κ1) is 11.9. The third-order valence-electron chi connectivity index (χ3n) is 2.68. The number of hydrogen-bond donors (Lipinski definition) is 0. The van der Waals surface area contributed by atoms with Gasteiger partial charge in [0.1, 0.15) is 0 Å². The van der Waals surface area contributed by atoms with Gasteiger partial charge in [-0.15, -0.1) is 0 Å². The third kappa shape index (κ3) is 1.98. The standard InChI is InChI=1S/C10H7O2S.2CH3.Sn.H/c11-13(12)10-7-3-5-8-4-1-2-6-9(8)10;;;;/h1-7H;2*1H3;;. The maximum atomic E-state index is 12.2. The summed E-state index contributed by atoms with van der Waals surface area (Å²) in [5.74, 6) is 0. The van der Waals surface area contributed by atoms with Crippen LogP contribution in [0.15, 0.2) is 47.4 Å². The second-order valence-electron chi connectivity index (χ2n) is 4.07. The van der Waals surface area contributed by atoms with Crippen molar-refractivity contribution in [2.24, 2.45) is 0 Å². The van der Waals surface area contributed by atoms with Crippen LogP contribution in [0.1, 0.15) is 0 Å². The summed E-state index contributed by atoms with van der Waals surface area (Å²) in [6.45, 7) is 0. The second-order valence-corrected chi connectivity index (χ2v) is 23.2. The van der Waals surface area contributed by atoms with E-state index in [4.69, 9.17) is 0 Å². The van der Waals surface area contributed by atoms with Gasteiger partial charge in [0, 0.05) is 0 Å². The summed E-state index contributed by atoms with van der Waals surface area (Å²) < 4.78 is 24.5. The Morgan fingerprint density at radius 2 is 1.56 bits per heavy atom. The maximum absolute atomic E-state index is 12.2. The third-order valence-corrected chi connectivity index (χ3v) is 17.7. The molecule has 0 heterocycles. The van der Waals surface area contributed by atoms with Crippen molar-refractivity contribution in [2.75, 3.05) is 0 Å². The van der Waals surface area contributed by atoms with Crippen LogP contribution >= 0.6 is 0 Å². The molecule has 0 aliphatic rings. The van der Waals surface area contributed by atoms with Crippen molar-refractivity contribution >= 4 is 36.2 Å². The van der Waals surface area contributed by atoms with Crippen molar-refractivity contribution in [2.45, 2.75) is 14.8 Å². The number of hydrogen-bond acceptors (Lipinski definition) is 2. The van der Waals surface area contributed by atoms with Gasteiger partial charge in [-0.2, -0.15) is 0 Å². The topological polar surface area (TPSA) is 34.1 Å². The van der Waals surface area contributed by atoms with Gasteiger partial charge in [0.25, 0.3) is 0 Å². The Hall–Kier alpha value is -0.551. The van der Waals surface area contributed by atoms with Crippen LogP contribution in [0.5, 0.6) is 0 Å². The van der Waals surface area contributed by atoms with E-state index in [0.717, 1.165) is 10.8 Å². The van der Waals surface area contributed by atoms with Crippen LogP contribution in [-0.4, -0.2) is 26.8 Å². The Bertz CT molecular complexity index is 612. The molecule has 16 heavy (non-hydrogen) atoms. The summed E-state index contributed by atoms with van der Waals surface area (Å²) in [7, 11) is -2.99. The predicted molar refractivity (Wildman–Crippen MR) is 70.0 cm³/mol. The molecule has 0 aliphatic heterocycles. The number of fused-ring (bicyclic) bond motifs is 1. The molecule has 0 aromatic heterocycles. The first-order valence-electron chi connectivity index (χ1n) is 5.25. The molecular formula is C12H14O2SSn. The molecule has 2 nitrogen and oxygen atoms in total. The average Bonchev–Trinajstić information content (AvgIpc) is 2.28. The zero-order valence-electron chi connectivity index (χ0n) is 9.34. The Morgan fingerprint density at radius 1 is 0.938 bits per heavy atom. The molecule has 0 amide bonds. The SMILES string of the molecule is [CH3][SnH]([CH3])[S](=O)(=O)c1cccc2ccccc12. The van der Waals surface area contributed by atoms with Gasteiger partial charge in [0.05, 0.1) is 0 Å². The fraction of sp³-hybridized carbons (Fsp3) is 0.167. The summed E-state index contributed by atoms with van der Waals surface area (Å²) in [5.41, 5.74) is 0. The van der Waals surface area contributed by atoms with Crippen molar-refractivity contribution < 1.29 is 8.42 Å². The van der Waals surface area contributed by atoms with Crippen LogP contribution < -0.4 is 0 Å². The molecular weight excluding hydrogens is 327 g/mol. The summed E-state index contributed by atoms with van der Waals surface area (Å²) in [6.07, 6.45) is 0. The first-order chi connectivity index (χ1) is 7.53. The van der Waals surface area contributed by atoms with E-state index in [9.17, 15) is 8.42 Å². The van der Waals surface area contributed by atoms with Gasteiger partial charge in [0.2, 0.25) is 0 Å². The summed E-state index contributed by atoms with van der Waals surface area (Å²) >= 11 is -2.43. The van der Waals surface area contributed by atoms with Crippen LogP contribution in [0, 0.1) is 0 Å². The van der Waals surface area contributed by atoms with Crippen LogP contribution in [0.3, 0.4) is 0 Å². The molecule has 0 fully saturated rings. The molecule has 0 spiro atoms. The Balaban J connectivity index is 2.80. The van der Waals surface area contributed by atoms with E-state index in [1.807, 2.05) is 46.3 Å². The van der Waals surface area contributed by atoms with Gasteiger partial charge in [-0.05, 0) is 0 Å². The second kappa shape index (κ2) is 4.37. The van der Waals surface area contributed by atoms with Crippen molar-refractivity contribution in [3.8, 4) is 0 Å². The van der Waals surface area contributed by atoms with Crippen molar-refractivity contribution in [1.29, 1.82) is 0 Å². The molecule has 4 heteroatoms. The first-order valence-corrected chi connectivity index (χ1v) is 17.4. The molecule has 84 valence electrons. The molecule has 0 saturated heterocycles. The van der Waals surface area contributed by atoms with E-state index in [1.165, 1.54) is 0 Å². The fourth-order valence-electron chi connectivity index (χ4n) is 1.70. The average molecular weight is 341 g/mol. The zero-order valence-corrected chi connectivity index (χ0v) is 13.5. The molecule has 2 rings (SSSR count). The number of benzene rings is 2. The molecule has 0 saturated carbocycles. The van der Waals surface area contributed by atoms with E-state index in [1.54, 1.807) is 6.07 Å². The van der Waals surface area contributed by atoms with E-state index in [-0.39, 0.29) is 0 Å². The van der Waals surface area contributed by atoms with E-state index >= 15 is 0 Å². The Morgan fingerprint density at radius 3 is 2.25 bits per heavy atom. The van der Waals surface area contributed by atoms with Crippen LogP contribution in [0.4, 0.5) is 0 Å². The van der Waals surface area contributed by atoms with Gasteiger partial charge < -0.3 is 0 Å². The fourth-order valence-corrected chi connectivity index (χ4v) is 9.07. The molecule has 0 unspecified atom stereocenters.